The predicted octanol–water partition coefficient (Wildman–Crippen LogP) is 0.402. The van der Waals surface area contributed by atoms with Crippen molar-refractivity contribution in [2.45, 2.75) is 19.3 Å². The third kappa shape index (κ3) is 5.47. The molecule has 1 saturated carbocycles. The van der Waals surface area contributed by atoms with E-state index in [0.717, 1.165) is 26.1 Å². The highest BCUT2D eigenvalue weighted by molar-refractivity contribution is 4.94. The molecule has 0 unspecified atom stereocenters. The van der Waals surface area contributed by atoms with Gasteiger partial charge in [-0.05, 0) is 24.7 Å². The van der Waals surface area contributed by atoms with Crippen LogP contribution in [0.5, 0.6) is 0 Å². The van der Waals surface area contributed by atoms with Crippen LogP contribution in [-0.4, -0.2) is 51.7 Å². The summed E-state index contributed by atoms with van der Waals surface area (Å²) in [5.74, 6) is 0. The number of rotatable bonds is 10. The summed E-state index contributed by atoms with van der Waals surface area (Å²) in [6.07, 6.45) is 3.80. The van der Waals surface area contributed by atoms with Gasteiger partial charge in [-0.2, -0.15) is 0 Å². The van der Waals surface area contributed by atoms with Crippen LogP contribution in [0.3, 0.4) is 0 Å². The molecule has 1 aliphatic carbocycles. The molecule has 90 valence electrons. The van der Waals surface area contributed by atoms with E-state index in [1.54, 1.807) is 7.11 Å². The lowest BCUT2D eigenvalue weighted by molar-refractivity contribution is 0.0928. The van der Waals surface area contributed by atoms with Crippen molar-refractivity contribution in [3.05, 3.63) is 0 Å². The van der Waals surface area contributed by atoms with E-state index in [1.165, 1.54) is 12.8 Å². The maximum Gasteiger partial charge on any atom is 0.0698 e. The normalized spacial score (nSPS) is 18.0. The number of hydrogen-bond acceptors (Lipinski definition) is 4. The fraction of sp³-hybridized carbons (Fsp3) is 1.00. The summed E-state index contributed by atoms with van der Waals surface area (Å²) in [4.78, 5) is 0. The first kappa shape index (κ1) is 12.9. The molecule has 0 radical (unpaired) electrons. The second-order valence-electron chi connectivity index (χ2n) is 4.26. The van der Waals surface area contributed by atoms with Gasteiger partial charge < -0.3 is 19.9 Å². The molecule has 0 heterocycles. The number of nitrogens with one attached hydrogen (secondary N) is 1. The fourth-order valence-electron chi connectivity index (χ4n) is 1.68. The lowest BCUT2D eigenvalue weighted by Gasteiger charge is -2.15. The Bertz CT molecular complexity index is 160. The Hall–Kier alpha value is -0.160. The maximum atomic E-state index is 8.50. The zero-order chi connectivity index (χ0) is 11.0. The van der Waals surface area contributed by atoms with Gasteiger partial charge in [0.25, 0.3) is 0 Å². The molecular weight excluding hydrogens is 194 g/mol. The number of aliphatic hydroxyl groups excluding tert-OH is 1. The van der Waals surface area contributed by atoms with E-state index in [4.69, 9.17) is 14.6 Å². The molecule has 0 aromatic carbocycles. The molecule has 4 nitrogen and oxygen atoms in total. The van der Waals surface area contributed by atoms with Crippen molar-refractivity contribution in [2.75, 3.05) is 46.6 Å². The Morgan fingerprint density at radius 2 is 2.07 bits per heavy atom. The van der Waals surface area contributed by atoms with Crippen molar-refractivity contribution in [3.8, 4) is 0 Å². The summed E-state index contributed by atoms with van der Waals surface area (Å²) in [5.41, 5.74) is 0.507. The first-order valence-corrected chi connectivity index (χ1v) is 5.71. The van der Waals surface area contributed by atoms with Gasteiger partial charge in [0.15, 0.2) is 0 Å². The van der Waals surface area contributed by atoms with Gasteiger partial charge in [0.05, 0.1) is 19.8 Å². The molecule has 1 rings (SSSR count). The van der Waals surface area contributed by atoms with Crippen molar-refractivity contribution >= 4 is 0 Å². The highest BCUT2D eigenvalue weighted by Crippen LogP contribution is 2.48. The van der Waals surface area contributed by atoms with Gasteiger partial charge in [0.1, 0.15) is 0 Å². The SMILES string of the molecule is COCCC1(CNCCOCCO)CC1. The first-order chi connectivity index (χ1) is 7.33. The minimum atomic E-state index is 0.109. The van der Waals surface area contributed by atoms with Gasteiger partial charge in [-0.25, -0.2) is 0 Å². The molecule has 0 spiro atoms. The van der Waals surface area contributed by atoms with Crippen LogP contribution < -0.4 is 5.32 Å². The molecule has 1 fully saturated rings. The van der Waals surface area contributed by atoms with E-state index in [2.05, 4.69) is 5.32 Å². The molecular formula is C11H23NO3. The number of methoxy groups -OCH3 is 1. The quantitative estimate of drug-likeness (QED) is 0.520. The molecule has 15 heavy (non-hydrogen) atoms. The summed E-state index contributed by atoms with van der Waals surface area (Å²) in [7, 11) is 1.76. The predicted molar refractivity (Wildman–Crippen MR) is 58.9 cm³/mol. The third-order valence-corrected chi connectivity index (χ3v) is 2.95. The standard InChI is InChI=1S/C11H23NO3/c1-14-7-4-11(2-3-11)10-12-5-8-15-9-6-13/h12-13H,2-10H2,1H3. The third-order valence-electron chi connectivity index (χ3n) is 2.95. The summed E-state index contributed by atoms with van der Waals surface area (Å²) in [5, 5.41) is 11.9. The highest BCUT2D eigenvalue weighted by Gasteiger charge is 2.41. The minimum Gasteiger partial charge on any atom is -0.394 e. The lowest BCUT2D eigenvalue weighted by Crippen LogP contribution is -2.28. The van der Waals surface area contributed by atoms with Gasteiger partial charge in [-0.1, -0.05) is 0 Å². The maximum absolute atomic E-state index is 8.50. The van der Waals surface area contributed by atoms with E-state index in [1.807, 2.05) is 0 Å². The summed E-state index contributed by atoms with van der Waals surface area (Å²) < 4.78 is 10.3. The fourth-order valence-corrected chi connectivity index (χ4v) is 1.68. The molecule has 2 N–H and O–H groups in total. The summed E-state index contributed by atoms with van der Waals surface area (Å²) in [6.45, 7) is 4.03. The number of hydrogen-bond donors (Lipinski definition) is 2. The van der Waals surface area contributed by atoms with Crippen LogP contribution in [0, 0.1) is 5.41 Å². The van der Waals surface area contributed by atoms with Gasteiger partial charge >= 0.3 is 0 Å². The van der Waals surface area contributed by atoms with Crippen LogP contribution >= 0.6 is 0 Å². The molecule has 4 heteroatoms. The summed E-state index contributed by atoms with van der Waals surface area (Å²) >= 11 is 0. The zero-order valence-corrected chi connectivity index (χ0v) is 9.63. The van der Waals surface area contributed by atoms with Crippen LogP contribution in [0.25, 0.3) is 0 Å². The van der Waals surface area contributed by atoms with E-state index in [9.17, 15) is 0 Å². The largest absolute Gasteiger partial charge is 0.394 e. The first-order valence-electron chi connectivity index (χ1n) is 5.71. The van der Waals surface area contributed by atoms with Crippen LogP contribution in [0.1, 0.15) is 19.3 Å². The Kier molecular flexibility index (Phi) is 6.17. The monoisotopic (exact) mass is 217 g/mol. The van der Waals surface area contributed by atoms with Crippen molar-refractivity contribution in [3.63, 3.8) is 0 Å². The smallest absolute Gasteiger partial charge is 0.0698 e. The van der Waals surface area contributed by atoms with Crippen LogP contribution in [0.4, 0.5) is 0 Å². The van der Waals surface area contributed by atoms with Crippen molar-refractivity contribution in [1.29, 1.82) is 0 Å². The molecule has 0 bridgehead atoms. The minimum absolute atomic E-state index is 0.109. The molecule has 0 aliphatic heterocycles. The van der Waals surface area contributed by atoms with Crippen molar-refractivity contribution < 1.29 is 14.6 Å². The Balaban J connectivity index is 1.90. The van der Waals surface area contributed by atoms with Crippen LogP contribution in [-0.2, 0) is 9.47 Å². The van der Waals surface area contributed by atoms with Gasteiger partial charge in [0.2, 0.25) is 0 Å². The van der Waals surface area contributed by atoms with Crippen molar-refractivity contribution in [2.24, 2.45) is 5.41 Å². The Labute approximate surface area is 92.0 Å². The van der Waals surface area contributed by atoms with Gasteiger partial charge in [-0.3, -0.25) is 0 Å². The van der Waals surface area contributed by atoms with E-state index in [0.29, 0.717) is 18.6 Å². The molecule has 0 saturated heterocycles. The lowest BCUT2D eigenvalue weighted by atomic mass is 10.0. The molecule has 0 atom stereocenters. The van der Waals surface area contributed by atoms with Gasteiger partial charge in [-0.15, -0.1) is 0 Å². The van der Waals surface area contributed by atoms with Crippen molar-refractivity contribution in [1.82, 2.24) is 5.32 Å². The van der Waals surface area contributed by atoms with Crippen LogP contribution in [0.15, 0.2) is 0 Å². The number of ether oxygens (including phenoxy) is 2. The molecule has 0 aromatic rings. The average molecular weight is 217 g/mol. The summed E-state index contributed by atoms with van der Waals surface area (Å²) in [6, 6.07) is 0. The molecule has 0 amide bonds. The average Bonchev–Trinajstić information content (AvgIpc) is 3.01. The molecule has 0 aromatic heterocycles. The van der Waals surface area contributed by atoms with E-state index in [-0.39, 0.29) is 6.61 Å². The topological polar surface area (TPSA) is 50.7 Å². The molecule has 1 aliphatic rings. The van der Waals surface area contributed by atoms with E-state index >= 15 is 0 Å². The second-order valence-corrected chi connectivity index (χ2v) is 4.26. The van der Waals surface area contributed by atoms with E-state index < -0.39 is 0 Å². The zero-order valence-electron chi connectivity index (χ0n) is 9.63. The van der Waals surface area contributed by atoms with Crippen LogP contribution in [0.2, 0.25) is 0 Å². The Morgan fingerprint density at radius 3 is 2.67 bits per heavy atom. The number of aliphatic hydroxyl groups is 1. The Morgan fingerprint density at radius 1 is 1.27 bits per heavy atom. The highest BCUT2D eigenvalue weighted by atomic mass is 16.5. The van der Waals surface area contributed by atoms with Gasteiger partial charge in [0, 0.05) is 26.8 Å². The second kappa shape index (κ2) is 7.17.